The first-order valence-corrected chi connectivity index (χ1v) is 23.4. The number of esters is 1. The van der Waals surface area contributed by atoms with Crippen LogP contribution in [-0.2, 0) is 42.7 Å². The van der Waals surface area contributed by atoms with Crippen molar-refractivity contribution in [2.24, 2.45) is 0 Å². The molecule has 4 fully saturated rings. The van der Waals surface area contributed by atoms with Crippen molar-refractivity contribution in [1.82, 2.24) is 0 Å². The number of benzene rings is 3. The van der Waals surface area contributed by atoms with Crippen molar-refractivity contribution in [2.45, 2.75) is 130 Å². The van der Waals surface area contributed by atoms with Crippen LogP contribution in [-0.4, -0.2) is 230 Å². The van der Waals surface area contributed by atoms with Gasteiger partial charge >= 0.3 is 5.97 Å². The molecule has 3 aromatic carbocycles. The van der Waals surface area contributed by atoms with Crippen LogP contribution in [0, 0.1) is 0 Å². The van der Waals surface area contributed by atoms with Gasteiger partial charge < -0.3 is 129 Å². The topological polar surface area (TPSA) is 454 Å². The molecule has 4 aliphatic heterocycles. The lowest BCUT2D eigenvalue weighted by atomic mass is 9.96. The number of ether oxygens (including phenoxy) is 9. The number of carbonyl (C=O) groups is 1. The Hall–Kier alpha value is -5.84. The van der Waals surface area contributed by atoms with Gasteiger partial charge in [0, 0.05) is 23.8 Å². The molecule has 0 amide bonds. The molecule has 20 unspecified atom stereocenters. The van der Waals surface area contributed by atoms with Gasteiger partial charge in [-0.25, -0.2) is 4.79 Å². The third kappa shape index (κ3) is 11.5. The zero-order valence-corrected chi connectivity index (χ0v) is 39.6. The Morgan fingerprint density at radius 1 is 0.579 bits per heavy atom. The number of phenolic OH excluding ortho intramolecular Hbond substituents is 5. The molecule has 4 aromatic rings. The average Bonchev–Trinajstić information content (AvgIpc) is 3.41. The van der Waals surface area contributed by atoms with E-state index in [2.05, 4.69) is 0 Å². The summed E-state index contributed by atoms with van der Waals surface area (Å²) in [6, 6.07) is 10.3. The number of phenols is 5. The van der Waals surface area contributed by atoms with Crippen molar-refractivity contribution in [3.8, 4) is 45.8 Å². The van der Waals surface area contributed by atoms with Crippen molar-refractivity contribution in [2.75, 3.05) is 19.8 Å². The van der Waals surface area contributed by atoms with Crippen LogP contribution in [0.1, 0.15) is 12.5 Å². The maximum atomic E-state index is 14.6. The fourth-order valence-corrected chi connectivity index (χ4v) is 8.83. The van der Waals surface area contributed by atoms with Crippen LogP contribution in [0.3, 0.4) is 0 Å². The van der Waals surface area contributed by atoms with Gasteiger partial charge in [0.15, 0.2) is 42.2 Å². The molecule has 416 valence electrons. The monoisotopic (exact) mass is 1080 g/mol. The van der Waals surface area contributed by atoms with Crippen molar-refractivity contribution < 1.29 is 134 Å². The number of aliphatic hydroxyl groups is 11. The summed E-state index contributed by atoms with van der Waals surface area (Å²) in [6.45, 7) is -1.44. The summed E-state index contributed by atoms with van der Waals surface area (Å²) < 4.78 is 58.6. The van der Waals surface area contributed by atoms with Gasteiger partial charge in [-0.05, 0) is 48.9 Å². The second-order valence-corrected chi connectivity index (χ2v) is 18.2. The van der Waals surface area contributed by atoms with E-state index in [1.165, 1.54) is 37.3 Å². The van der Waals surface area contributed by atoms with Gasteiger partial charge in [-0.1, -0.05) is 12.1 Å². The Morgan fingerprint density at radius 2 is 1.18 bits per heavy atom. The third-order valence-electron chi connectivity index (χ3n) is 13.1. The number of aromatic hydroxyl groups is 5. The molecule has 0 bridgehead atoms. The first kappa shape index (κ1) is 56.4. The van der Waals surface area contributed by atoms with Crippen LogP contribution >= 0.6 is 0 Å². The standard InChI is InChI=1S/C48H56O28/c1-16-30(57)41(74-46-37(64)35(62)31(58)25(13-49)70-46)39(66)45(68-16)67-15-27-33(60)42(75-47-38(65)36(63)32(59)26(14-50)71-47)44(73-28(56)9-4-17-2-6-19(51)7-3-17)48(72-27)76-43-34(61)29-23(55)11-20(52)12-24(29)69-40(43)18-5-8-21(53)22(54)10-18/h2-12,16,25-27,30-33,35-39,41-42,44-55,57-60,62-66H,13-15H2,1H3. The maximum Gasteiger partial charge on any atom is 0.331 e. The van der Waals surface area contributed by atoms with E-state index in [0.29, 0.717) is 5.56 Å². The highest BCUT2D eigenvalue weighted by Gasteiger charge is 2.55. The van der Waals surface area contributed by atoms with E-state index in [4.69, 9.17) is 47.0 Å². The van der Waals surface area contributed by atoms with E-state index >= 15 is 0 Å². The van der Waals surface area contributed by atoms with Gasteiger partial charge in [-0.15, -0.1) is 0 Å². The molecule has 20 atom stereocenters. The predicted molar refractivity (Wildman–Crippen MR) is 246 cm³/mol. The predicted octanol–water partition coefficient (Wildman–Crippen LogP) is -4.07. The molecular weight excluding hydrogens is 1020 g/mol. The van der Waals surface area contributed by atoms with E-state index in [0.717, 1.165) is 36.4 Å². The summed E-state index contributed by atoms with van der Waals surface area (Å²) in [5.41, 5.74) is -1.52. The smallest absolute Gasteiger partial charge is 0.331 e. The Bertz CT molecular complexity index is 2730. The van der Waals surface area contributed by atoms with Gasteiger partial charge in [0.05, 0.1) is 25.9 Å². The number of aliphatic hydroxyl groups excluding tert-OH is 11. The molecule has 28 nitrogen and oxygen atoms in total. The molecule has 5 heterocycles. The highest BCUT2D eigenvalue weighted by molar-refractivity contribution is 5.89. The van der Waals surface area contributed by atoms with Crippen LogP contribution in [0.4, 0.5) is 0 Å². The van der Waals surface area contributed by atoms with E-state index in [1.54, 1.807) is 0 Å². The van der Waals surface area contributed by atoms with Crippen LogP contribution in [0.2, 0.25) is 0 Å². The Labute approximate surface area is 427 Å². The fourth-order valence-electron chi connectivity index (χ4n) is 8.83. The van der Waals surface area contributed by atoms with Crippen LogP contribution in [0.5, 0.6) is 34.5 Å². The largest absolute Gasteiger partial charge is 0.508 e. The molecule has 16 N–H and O–H groups in total. The van der Waals surface area contributed by atoms with Crippen molar-refractivity contribution >= 4 is 23.0 Å². The summed E-state index contributed by atoms with van der Waals surface area (Å²) in [7, 11) is 0. The van der Waals surface area contributed by atoms with Crippen molar-refractivity contribution in [3.05, 3.63) is 76.5 Å². The highest BCUT2D eigenvalue weighted by Crippen LogP contribution is 2.41. The van der Waals surface area contributed by atoms with E-state index in [9.17, 15) is 91.3 Å². The molecule has 0 aliphatic carbocycles. The second-order valence-electron chi connectivity index (χ2n) is 18.2. The lowest BCUT2D eigenvalue weighted by Crippen LogP contribution is -2.66. The lowest BCUT2D eigenvalue weighted by molar-refractivity contribution is -0.368. The third-order valence-corrected chi connectivity index (χ3v) is 13.1. The Balaban J connectivity index is 1.19. The summed E-state index contributed by atoms with van der Waals surface area (Å²) in [6.07, 6.45) is -36.2. The molecule has 0 radical (unpaired) electrons. The SMILES string of the molecule is CC1OC(OCC2OC(Oc3c(-c4ccc(O)c(O)c4)oc4cc(O)cc(O)c4c3=O)C(OC(=O)C=Cc3ccc(O)cc3)C(OC3OC(CO)C(O)C(O)C3O)C2O)C(O)C(OC2OC(CO)C(O)C(O)C2O)C1O. The van der Waals surface area contributed by atoms with Gasteiger partial charge in [-0.3, -0.25) is 4.79 Å². The minimum atomic E-state index is -2.28. The summed E-state index contributed by atoms with van der Waals surface area (Å²) >= 11 is 0. The molecule has 76 heavy (non-hydrogen) atoms. The number of fused-ring (bicyclic) bond motifs is 1. The molecule has 1 aromatic heterocycles. The number of carbonyl (C=O) groups excluding carboxylic acids is 1. The van der Waals surface area contributed by atoms with Gasteiger partial charge in [0.2, 0.25) is 17.5 Å². The zero-order valence-electron chi connectivity index (χ0n) is 39.6. The number of hydrogen-bond acceptors (Lipinski definition) is 28. The molecule has 0 saturated carbocycles. The molecule has 28 heteroatoms. The molecular formula is C48H56O28. The number of rotatable bonds is 15. The van der Waals surface area contributed by atoms with Crippen molar-refractivity contribution in [3.63, 3.8) is 0 Å². The Morgan fingerprint density at radius 3 is 1.79 bits per heavy atom. The van der Waals surface area contributed by atoms with Gasteiger partial charge in [0.25, 0.3) is 0 Å². The summed E-state index contributed by atoms with van der Waals surface area (Å²) in [5.74, 6) is -5.65. The highest BCUT2D eigenvalue weighted by atomic mass is 16.8. The zero-order chi connectivity index (χ0) is 55.0. The fraction of sp³-hybridized carbons (Fsp3) is 0.500. The maximum absolute atomic E-state index is 14.6. The Kier molecular flexibility index (Phi) is 17.4. The lowest BCUT2D eigenvalue weighted by Gasteiger charge is -2.47. The minimum absolute atomic E-state index is 0.108. The van der Waals surface area contributed by atoms with Gasteiger partial charge in [0.1, 0.15) is 114 Å². The molecule has 4 aliphatic rings. The molecule has 8 rings (SSSR count). The quantitative estimate of drug-likeness (QED) is 0.0306. The van der Waals surface area contributed by atoms with Crippen LogP contribution < -0.4 is 10.2 Å². The second kappa shape index (κ2) is 23.4. The average molecular weight is 1080 g/mol. The number of hydrogen-bond donors (Lipinski definition) is 16. The van der Waals surface area contributed by atoms with E-state index in [-0.39, 0.29) is 11.3 Å². The van der Waals surface area contributed by atoms with E-state index < -0.39 is 200 Å². The van der Waals surface area contributed by atoms with Crippen molar-refractivity contribution in [1.29, 1.82) is 0 Å². The summed E-state index contributed by atoms with van der Waals surface area (Å²) in [5, 5.41) is 169. The first-order chi connectivity index (χ1) is 36.1. The first-order valence-electron chi connectivity index (χ1n) is 23.4. The minimum Gasteiger partial charge on any atom is -0.508 e. The van der Waals surface area contributed by atoms with E-state index in [1.807, 2.05) is 0 Å². The summed E-state index contributed by atoms with van der Waals surface area (Å²) in [4.78, 5) is 28.5. The molecule has 4 saturated heterocycles. The molecule has 0 spiro atoms. The normalized spacial score (nSPS) is 36.1. The van der Waals surface area contributed by atoms with Crippen LogP contribution in [0.15, 0.2) is 69.9 Å². The van der Waals surface area contributed by atoms with Gasteiger partial charge in [-0.2, -0.15) is 0 Å². The van der Waals surface area contributed by atoms with Crippen LogP contribution in [0.25, 0.3) is 28.4 Å².